The van der Waals surface area contributed by atoms with Crippen LogP contribution in [0.3, 0.4) is 0 Å². The Hall–Kier alpha value is -1.22. The van der Waals surface area contributed by atoms with Gasteiger partial charge in [0, 0.05) is 12.1 Å². The molecule has 3 heteroatoms. The molecule has 16 heavy (non-hydrogen) atoms. The van der Waals surface area contributed by atoms with E-state index in [2.05, 4.69) is 11.4 Å². The normalized spacial score (nSPS) is 18.4. The zero-order valence-corrected chi connectivity index (χ0v) is 9.83. The van der Waals surface area contributed by atoms with Crippen LogP contribution in [0.1, 0.15) is 25.7 Å². The van der Waals surface area contributed by atoms with Crippen LogP contribution in [0.15, 0.2) is 24.3 Å². The van der Waals surface area contributed by atoms with E-state index in [1.54, 1.807) is 7.11 Å². The topological polar surface area (TPSA) is 47.3 Å². The monoisotopic (exact) mass is 220 g/mol. The Balaban J connectivity index is 2.18. The van der Waals surface area contributed by atoms with Crippen LogP contribution in [-0.4, -0.2) is 19.2 Å². The molecule has 0 spiro atoms. The van der Waals surface area contributed by atoms with Gasteiger partial charge in [-0.25, -0.2) is 0 Å². The molecule has 0 heterocycles. The maximum Gasteiger partial charge on any atom is 0.141 e. The van der Waals surface area contributed by atoms with E-state index >= 15 is 0 Å². The van der Waals surface area contributed by atoms with Crippen molar-refractivity contribution < 1.29 is 4.74 Å². The average molecular weight is 220 g/mol. The van der Waals surface area contributed by atoms with Crippen molar-refractivity contribution in [1.29, 1.82) is 0 Å². The first-order valence-corrected chi connectivity index (χ1v) is 5.91. The van der Waals surface area contributed by atoms with Crippen molar-refractivity contribution >= 4 is 5.69 Å². The number of methoxy groups -OCH3 is 1. The zero-order chi connectivity index (χ0) is 11.4. The number of rotatable bonds is 4. The number of anilines is 1. The number of para-hydroxylation sites is 2. The van der Waals surface area contributed by atoms with Gasteiger partial charge in [-0.15, -0.1) is 0 Å². The highest BCUT2D eigenvalue weighted by Crippen LogP contribution is 2.35. The molecule has 1 aliphatic carbocycles. The lowest BCUT2D eigenvalue weighted by atomic mass is 9.97. The van der Waals surface area contributed by atoms with Crippen molar-refractivity contribution in [1.82, 2.24) is 0 Å². The minimum atomic E-state index is 0.0780. The molecule has 1 saturated carbocycles. The Bertz CT molecular complexity index is 346. The number of hydrogen-bond donors (Lipinski definition) is 2. The van der Waals surface area contributed by atoms with Crippen LogP contribution < -0.4 is 15.8 Å². The highest BCUT2D eigenvalue weighted by atomic mass is 16.5. The highest BCUT2D eigenvalue weighted by Gasteiger charge is 2.32. The molecule has 1 aromatic carbocycles. The van der Waals surface area contributed by atoms with Gasteiger partial charge in [-0.1, -0.05) is 25.0 Å². The molecular formula is C13H20N2O. The van der Waals surface area contributed by atoms with Crippen LogP contribution in [0.5, 0.6) is 5.75 Å². The summed E-state index contributed by atoms with van der Waals surface area (Å²) < 4.78 is 5.34. The molecule has 3 N–H and O–H groups in total. The van der Waals surface area contributed by atoms with Crippen LogP contribution >= 0.6 is 0 Å². The van der Waals surface area contributed by atoms with Crippen LogP contribution in [0, 0.1) is 0 Å². The number of nitrogens with one attached hydrogen (secondary N) is 1. The van der Waals surface area contributed by atoms with E-state index < -0.39 is 0 Å². The Kier molecular flexibility index (Phi) is 3.34. The maximum absolute atomic E-state index is 5.90. The molecule has 0 aliphatic heterocycles. The molecule has 0 atom stereocenters. The number of ether oxygens (including phenoxy) is 1. The standard InChI is InChI=1S/C13H20N2O/c1-16-12-7-3-2-6-11(12)15-13(10-14)8-4-5-9-13/h2-3,6-7,15H,4-5,8-10,14H2,1H3. The second kappa shape index (κ2) is 4.74. The number of nitrogens with two attached hydrogens (primary N) is 1. The average Bonchev–Trinajstić information content (AvgIpc) is 2.79. The first-order chi connectivity index (χ1) is 7.79. The fourth-order valence-electron chi connectivity index (χ4n) is 2.47. The van der Waals surface area contributed by atoms with Crippen molar-refractivity contribution in [2.75, 3.05) is 19.0 Å². The van der Waals surface area contributed by atoms with Crippen molar-refractivity contribution in [3.8, 4) is 5.75 Å². The van der Waals surface area contributed by atoms with Gasteiger partial charge in [0.1, 0.15) is 5.75 Å². The summed E-state index contributed by atoms with van der Waals surface area (Å²) in [5, 5.41) is 3.57. The summed E-state index contributed by atoms with van der Waals surface area (Å²) in [6, 6.07) is 8.02. The van der Waals surface area contributed by atoms with Crippen LogP contribution in [0.25, 0.3) is 0 Å². The van der Waals surface area contributed by atoms with Crippen LogP contribution in [0.2, 0.25) is 0 Å². The maximum atomic E-state index is 5.90. The summed E-state index contributed by atoms with van der Waals surface area (Å²) in [5.74, 6) is 0.891. The fraction of sp³-hybridized carbons (Fsp3) is 0.538. The summed E-state index contributed by atoms with van der Waals surface area (Å²) in [5.41, 5.74) is 7.04. The smallest absolute Gasteiger partial charge is 0.141 e. The molecule has 1 aliphatic rings. The van der Waals surface area contributed by atoms with Crippen molar-refractivity contribution in [3.05, 3.63) is 24.3 Å². The van der Waals surface area contributed by atoms with Gasteiger partial charge in [-0.3, -0.25) is 0 Å². The Morgan fingerprint density at radius 1 is 1.31 bits per heavy atom. The van der Waals surface area contributed by atoms with Gasteiger partial charge in [-0.2, -0.15) is 0 Å². The van der Waals surface area contributed by atoms with Crippen molar-refractivity contribution in [2.45, 2.75) is 31.2 Å². The third-order valence-corrected chi connectivity index (χ3v) is 3.46. The second-order valence-corrected chi connectivity index (χ2v) is 4.52. The molecule has 88 valence electrons. The third-order valence-electron chi connectivity index (χ3n) is 3.46. The van der Waals surface area contributed by atoms with E-state index in [9.17, 15) is 0 Å². The fourth-order valence-corrected chi connectivity index (χ4v) is 2.47. The minimum Gasteiger partial charge on any atom is -0.495 e. The van der Waals surface area contributed by atoms with Gasteiger partial charge in [0.05, 0.1) is 12.8 Å². The van der Waals surface area contributed by atoms with E-state index in [1.807, 2.05) is 18.2 Å². The molecule has 1 aromatic rings. The summed E-state index contributed by atoms with van der Waals surface area (Å²) in [6.45, 7) is 0.686. The van der Waals surface area contributed by atoms with Gasteiger partial charge in [0.2, 0.25) is 0 Å². The lowest BCUT2D eigenvalue weighted by Gasteiger charge is -2.30. The van der Waals surface area contributed by atoms with Crippen molar-refractivity contribution in [3.63, 3.8) is 0 Å². The molecule has 1 fully saturated rings. The van der Waals surface area contributed by atoms with E-state index in [0.29, 0.717) is 6.54 Å². The molecule has 2 rings (SSSR count). The van der Waals surface area contributed by atoms with Gasteiger partial charge in [-0.05, 0) is 25.0 Å². The first kappa shape index (κ1) is 11.3. The summed E-state index contributed by atoms with van der Waals surface area (Å²) >= 11 is 0. The molecule has 0 radical (unpaired) electrons. The molecule has 0 aromatic heterocycles. The molecule has 0 saturated heterocycles. The predicted molar refractivity (Wildman–Crippen MR) is 66.9 cm³/mol. The third kappa shape index (κ3) is 2.14. The first-order valence-electron chi connectivity index (χ1n) is 5.91. The lowest BCUT2D eigenvalue weighted by molar-refractivity contribution is 0.412. The molecular weight excluding hydrogens is 200 g/mol. The Morgan fingerprint density at radius 2 is 2.00 bits per heavy atom. The van der Waals surface area contributed by atoms with E-state index in [-0.39, 0.29) is 5.54 Å². The van der Waals surface area contributed by atoms with Gasteiger partial charge in [0.15, 0.2) is 0 Å². The number of benzene rings is 1. The van der Waals surface area contributed by atoms with Crippen molar-refractivity contribution in [2.24, 2.45) is 5.73 Å². The Morgan fingerprint density at radius 3 is 2.62 bits per heavy atom. The molecule has 0 amide bonds. The summed E-state index contributed by atoms with van der Waals surface area (Å²) in [7, 11) is 1.70. The number of hydrogen-bond acceptors (Lipinski definition) is 3. The predicted octanol–water partition coefficient (Wildman–Crippen LogP) is 2.38. The molecule has 0 unspecified atom stereocenters. The van der Waals surface area contributed by atoms with Crippen LogP contribution in [-0.2, 0) is 0 Å². The quantitative estimate of drug-likeness (QED) is 0.819. The van der Waals surface area contributed by atoms with E-state index in [0.717, 1.165) is 24.3 Å². The second-order valence-electron chi connectivity index (χ2n) is 4.52. The van der Waals surface area contributed by atoms with Crippen LogP contribution in [0.4, 0.5) is 5.69 Å². The minimum absolute atomic E-state index is 0.0780. The van der Waals surface area contributed by atoms with Gasteiger partial charge in [0.25, 0.3) is 0 Å². The van der Waals surface area contributed by atoms with Gasteiger partial charge >= 0.3 is 0 Å². The highest BCUT2D eigenvalue weighted by molar-refractivity contribution is 5.57. The molecule has 3 nitrogen and oxygen atoms in total. The zero-order valence-electron chi connectivity index (χ0n) is 9.83. The van der Waals surface area contributed by atoms with E-state index in [1.165, 1.54) is 12.8 Å². The summed E-state index contributed by atoms with van der Waals surface area (Å²) in [6.07, 6.45) is 4.84. The lowest BCUT2D eigenvalue weighted by Crippen LogP contribution is -2.42. The Labute approximate surface area is 97.0 Å². The SMILES string of the molecule is COc1ccccc1NC1(CN)CCCC1. The summed E-state index contributed by atoms with van der Waals surface area (Å²) in [4.78, 5) is 0. The molecule has 0 bridgehead atoms. The van der Waals surface area contributed by atoms with E-state index in [4.69, 9.17) is 10.5 Å². The largest absolute Gasteiger partial charge is 0.495 e. The van der Waals surface area contributed by atoms with Gasteiger partial charge < -0.3 is 15.8 Å².